The monoisotopic (exact) mass is 179 g/mol. The van der Waals surface area contributed by atoms with Crippen LogP contribution >= 0.6 is 11.3 Å². The van der Waals surface area contributed by atoms with E-state index in [0.717, 1.165) is 5.92 Å². The quantitative estimate of drug-likeness (QED) is 0.727. The van der Waals surface area contributed by atoms with Gasteiger partial charge in [-0.3, -0.25) is 0 Å². The second kappa shape index (κ2) is 2.94. The number of hydrogen-bond donors (Lipinski definition) is 1. The molecule has 0 saturated heterocycles. The summed E-state index contributed by atoms with van der Waals surface area (Å²) in [6.45, 7) is 4.52. The van der Waals surface area contributed by atoms with Crippen LogP contribution in [0.5, 0.6) is 0 Å². The van der Waals surface area contributed by atoms with E-state index in [1.165, 1.54) is 22.2 Å². The van der Waals surface area contributed by atoms with Crippen molar-refractivity contribution in [1.29, 1.82) is 0 Å². The van der Waals surface area contributed by atoms with E-state index < -0.39 is 0 Å². The van der Waals surface area contributed by atoms with Gasteiger partial charge in [0.2, 0.25) is 0 Å². The molecule has 2 aromatic rings. The molecule has 0 fully saturated rings. The smallest absolute Gasteiger partial charge is 0.0999 e. The van der Waals surface area contributed by atoms with Gasteiger partial charge in [0.1, 0.15) is 0 Å². The summed E-state index contributed by atoms with van der Waals surface area (Å²) in [6.07, 6.45) is 3.21. The molecule has 0 atom stereocenters. The van der Waals surface area contributed by atoms with Gasteiger partial charge >= 0.3 is 0 Å². The Balaban J connectivity index is 2.40. The molecule has 0 saturated carbocycles. The van der Waals surface area contributed by atoms with Gasteiger partial charge in [-0.15, -0.1) is 11.3 Å². The minimum absolute atomic E-state index is 0.748. The first-order chi connectivity index (χ1) is 5.77. The van der Waals surface area contributed by atoms with E-state index in [0.29, 0.717) is 0 Å². The van der Waals surface area contributed by atoms with Gasteiger partial charge in [0.05, 0.1) is 4.83 Å². The van der Waals surface area contributed by atoms with Crippen LogP contribution in [-0.4, -0.2) is 4.98 Å². The lowest BCUT2D eigenvalue weighted by Crippen LogP contribution is -1.91. The van der Waals surface area contributed by atoms with Crippen molar-refractivity contribution in [2.24, 2.45) is 5.92 Å². The average molecular weight is 179 g/mol. The van der Waals surface area contributed by atoms with Crippen molar-refractivity contribution < 1.29 is 0 Å². The van der Waals surface area contributed by atoms with Crippen molar-refractivity contribution in [3.63, 3.8) is 0 Å². The summed E-state index contributed by atoms with van der Waals surface area (Å²) in [7, 11) is 0. The lowest BCUT2D eigenvalue weighted by Gasteiger charge is -2.00. The second-order valence-electron chi connectivity index (χ2n) is 3.58. The van der Waals surface area contributed by atoms with Crippen LogP contribution in [-0.2, 0) is 6.42 Å². The first-order valence-corrected chi connectivity index (χ1v) is 5.19. The number of nitrogens with one attached hydrogen (secondary N) is 1. The molecule has 12 heavy (non-hydrogen) atoms. The topological polar surface area (TPSA) is 15.8 Å². The number of fused-ring (bicyclic) bond motifs is 1. The molecule has 0 bridgehead atoms. The van der Waals surface area contributed by atoms with Gasteiger partial charge in [-0.2, -0.15) is 0 Å². The summed E-state index contributed by atoms with van der Waals surface area (Å²) >= 11 is 1.81. The van der Waals surface area contributed by atoms with Crippen LogP contribution in [0.4, 0.5) is 0 Å². The molecule has 0 aliphatic carbocycles. The Morgan fingerprint density at radius 2 is 2.33 bits per heavy atom. The van der Waals surface area contributed by atoms with E-state index in [1.807, 2.05) is 17.5 Å². The highest BCUT2D eigenvalue weighted by Crippen LogP contribution is 2.26. The van der Waals surface area contributed by atoms with Crippen LogP contribution in [0.15, 0.2) is 17.6 Å². The fraction of sp³-hybridized carbons (Fsp3) is 0.400. The minimum atomic E-state index is 0.748. The maximum Gasteiger partial charge on any atom is 0.0999 e. The van der Waals surface area contributed by atoms with E-state index in [4.69, 9.17) is 0 Å². The SMILES string of the molecule is CC(C)Cc1csc2[nH]ccc12. The first kappa shape index (κ1) is 7.87. The van der Waals surface area contributed by atoms with Gasteiger partial charge < -0.3 is 4.98 Å². The third-order valence-electron chi connectivity index (χ3n) is 2.00. The molecular weight excluding hydrogens is 166 g/mol. The molecule has 0 aliphatic heterocycles. The molecular formula is C10H13NS. The summed E-state index contributed by atoms with van der Waals surface area (Å²) in [4.78, 5) is 4.54. The van der Waals surface area contributed by atoms with Crippen LogP contribution in [0.1, 0.15) is 19.4 Å². The fourth-order valence-electron chi connectivity index (χ4n) is 1.50. The van der Waals surface area contributed by atoms with E-state index >= 15 is 0 Å². The molecule has 2 heteroatoms. The Bertz CT molecular complexity index is 370. The maximum atomic E-state index is 3.23. The third-order valence-corrected chi connectivity index (χ3v) is 2.98. The standard InChI is InChI=1S/C10H13NS/c1-7(2)5-8-6-12-10-9(8)3-4-11-10/h3-4,6-7,11H,5H2,1-2H3. The summed E-state index contributed by atoms with van der Waals surface area (Å²) < 4.78 is 0. The lowest BCUT2D eigenvalue weighted by molar-refractivity contribution is 0.651. The van der Waals surface area contributed by atoms with Crippen molar-refractivity contribution in [1.82, 2.24) is 4.98 Å². The predicted octanol–water partition coefficient (Wildman–Crippen LogP) is 3.43. The molecule has 0 unspecified atom stereocenters. The molecule has 0 aromatic carbocycles. The third kappa shape index (κ3) is 1.27. The van der Waals surface area contributed by atoms with Gasteiger partial charge in [-0.25, -0.2) is 0 Å². The molecule has 0 amide bonds. The highest BCUT2D eigenvalue weighted by molar-refractivity contribution is 7.16. The normalized spacial score (nSPS) is 11.6. The highest BCUT2D eigenvalue weighted by atomic mass is 32.1. The Hall–Kier alpha value is -0.760. The van der Waals surface area contributed by atoms with Gasteiger partial charge in [0.25, 0.3) is 0 Å². The van der Waals surface area contributed by atoms with Crippen molar-refractivity contribution in [3.8, 4) is 0 Å². The molecule has 0 spiro atoms. The zero-order valence-electron chi connectivity index (χ0n) is 7.42. The van der Waals surface area contributed by atoms with Gasteiger partial charge in [-0.1, -0.05) is 13.8 Å². The average Bonchev–Trinajstić information content (AvgIpc) is 2.52. The summed E-state index contributed by atoms with van der Waals surface area (Å²) in [6, 6.07) is 2.17. The van der Waals surface area contributed by atoms with Gasteiger partial charge in [-0.05, 0) is 29.3 Å². The van der Waals surface area contributed by atoms with Crippen LogP contribution in [0, 0.1) is 5.92 Å². The predicted molar refractivity (Wildman–Crippen MR) is 54.7 cm³/mol. The molecule has 2 heterocycles. The van der Waals surface area contributed by atoms with E-state index in [2.05, 4.69) is 30.3 Å². The molecule has 2 rings (SSSR count). The van der Waals surface area contributed by atoms with Gasteiger partial charge in [0, 0.05) is 11.6 Å². The minimum Gasteiger partial charge on any atom is -0.353 e. The molecule has 1 nitrogen and oxygen atoms in total. The summed E-state index contributed by atoms with van der Waals surface area (Å²) in [5, 5.41) is 3.68. The Morgan fingerprint density at radius 1 is 1.50 bits per heavy atom. The molecule has 0 radical (unpaired) electrons. The Morgan fingerprint density at radius 3 is 3.08 bits per heavy atom. The maximum absolute atomic E-state index is 3.23. The number of rotatable bonds is 2. The van der Waals surface area contributed by atoms with Crippen LogP contribution in [0.25, 0.3) is 10.2 Å². The van der Waals surface area contributed by atoms with Crippen molar-refractivity contribution in [2.45, 2.75) is 20.3 Å². The number of aromatic nitrogens is 1. The number of hydrogen-bond acceptors (Lipinski definition) is 1. The zero-order valence-corrected chi connectivity index (χ0v) is 8.24. The van der Waals surface area contributed by atoms with Crippen LogP contribution < -0.4 is 0 Å². The number of thiophene rings is 1. The van der Waals surface area contributed by atoms with Gasteiger partial charge in [0.15, 0.2) is 0 Å². The van der Waals surface area contributed by atoms with E-state index in [9.17, 15) is 0 Å². The lowest BCUT2D eigenvalue weighted by atomic mass is 10.0. The largest absolute Gasteiger partial charge is 0.353 e. The zero-order chi connectivity index (χ0) is 8.55. The first-order valence-electron chi connectivity index (χ1n) is 4.31. The summed E-state index contributed by atoms with van der Waals surface area (Å²) in [5.74, 6) is 0.748. The van der Waals surface area contributed by atoms with Crippen LogP contribution in [0.3, 0.4) is 0 Å². The van der Waals surface area contributed by atoms with Crippen molar-refractivity contribution >= 4 is 21.6 Å². The molecule has 0 aliphatic rings. The Labute approximate surface area is 76.4 Å². The molecule has 1 N–H and O–H groups in total. The molecule has 64 valence electrons. The van der Waals surface area contributed by atoms with E-state index in [-0.39, 0.29) is 0 Å². The van der Waals surface area contributed by atoms with Crippen LogP contribution in [0.2, 0.25) is 0 Å². The number of H-pyrrole nitrogens is 1. The van der Waals surface area contributed by atoms with E-state index in [1.54, 1.807) is 0 Å². The second-order valence-corrected chi connectivity index (χ2v) is 4.46. The van der Waals surface area contributed by atoms with Crippen molar-refractivity contribution in [2.75, 3.05) is 0 Å². The molecule has 2 aromatic heterocycles. The number of aromatic amines is 1. The van der Waals surface area contributed by atoms with Crippen molar-refractivity contribution in [3.05, 3.63) is 23.2 Å². The Kier molecular flexibility index (Phi) is 1.93. The highest BCUT2D eigenvalue weighted by Gasteiger charge is 2.05. The fourth-order valence-corrected chi connectivity index (χ4v) is 2.44. The summed E-state index contributed by atoms with van der Waals surface area (Å²) in [5.41, 5.74) is 1.49.